The Bertz CT molecular complexity index is 3270. The largest absolute Gasteiger partial charge is 0.481 e. The summed E-state index contributed by atoms with van der Waals surface area (Å²) in [6, 6.07) is -1.34. The minimum absolute atomic E-state index is 0. The number of rotatable bonds is 20. The Morgan fingerprint density at radius 2 is 0.842 bits per heavy atom. The zero-order valence-corrected chi connectivity index (χ0v) is 60.1. The summed E-state index contributed by atoms with van der Waals surface area (Å²) in [5, 5.41) is 22.2. The van der Waals surface area contributed by atoms with Crippen molar-refractivity contribution in [1.29, 1.82) is 0 Å². The average molecular weight is 1470 g/mol. The molecule has 0 spiro atoms. The van der Waals surface area contributed by atoms with Gasteiger partial charge < -0.3 is 70.9 Å². The summed E-state index contributed by atoms with van der Waals surface area (Å²) >= 11 is 0. The fourth-order valence-electron chi connectivity index (χ4n) is 9.55. The van der Waals surface area contributed by atoms with Crippen molar-refractivity contribution in [3.8, 4) is 0 Å². The van der Waals surface area contributed by atoms with Gasteiger partial charge in [0.1, 0.15) is 40.7 Å². The van der Waals surface area contributed by atoms with Crippen LogP contribution in [-0.2, 0) is 71.7 Å². The first-order valence-corrected chi connectivity index (χ1v) is 32.2. The molecule has 0 unspecified atom stereocenters. The second-order valence-corrected chi connectivity index (χ2v) is 28.8. The van der Waals surface area contributed by atoms with Gasteiger partial charge in [0.2, 0.25) is 23.6 Å². The molecule has 3 aliphatic heterocycles. The molecule has 0 aromatic heterocycles. The predicted molar refractivity (Wildman–Crippen MR) is 360 cm³/mol. The number of halogens is 10. The van der Waals surface area contributed by atoms with Gasteiger partial charge in [0.25, 0.3) is 0 Å². The van der Waals surface area contributed by atoms with E-state index in [1.807, 2.05) is 62.3 Å². The molecule has 6 amide bonds. The molecule has 0 saturated carbocycles. The zero-order chi connectivity index (χ0) is 75.3. The van der Waals surface area contributed by atoms with Gasteiger partial charge in [0.15, 0.2) is 40.7 Å². The number of carboxylic acid groups (broad SMARTS) is 1. The van der Waals surface area contributed by atoms with Crippen molar-refractivity contribution in [2.24, 2.45) is 5.73 Å². The van der Waals surface area contributed by atoms with Gasteiger partial charge in [-0.3, -0.25) is 28.8 Å². The lowest BCUT2D eigenvalue weighted by Crippen LogP contribution is -2.60. The van der Waals surface area contributed by atoms with Crippen molar-refractivity contribution in [2.45, 2.75) is 227 Å². The number of nitrogens with one attached hydrogen (secondary N) is 5. The summed E-state index contributed by atoms with van der Waals surface area (Å²) in [4.78, 5) is 99.5. The summed E-state index contributed by atoms with van der Waals surface area (Å²) in [5.74, 6) is -13.1. The van der Waals surface area contributed by atoms with E-state index in [-0.39, 0.29) is 130 Å². The van der Waals surface area contributed by atoms with Crippen LogP contribution in [0.25, 0.3) is 0 Å². The Labute approximate surface area is 591 Å². The van der Waals surface area contributed by atoms with Crippen LogP contribution in [0.4, 0.5) is 49.1 Å². The molecule has 0 bridgehead atoms. The third kappa shape index (κ3) is 34.9. The molecule has 3 saturated heterocycles. The van der Waals surface area contributed by atoms with E-state index in [9.17, 15) is 77.9 Å². The minimum atomic E-state index is -1.35. The van der Waals surface area contributed by atoms with Gasteiger partial charge in [-0.15, -0.1) is 12.4 Å². The summed E-state index contributed by atoms with van der Waals surface area (Å²) in [7, 11) is 0. The van der Waals surface area contributed by atoms with Crippen molar-refractivity contribution < 1.29 is 107 Å². The standard InChI is InChI=1S/C24H34F3N3O5.C19H26F3N3O3.C15H18F3NO4.C10H19NO2.CH4.ClH/c1-23(2,3)34-13-19-21(32)28-7-8-30(19)20(31)11-15(29-22(33)35-24(4,5)6)9-14-10-17(26)18(27)12-16(14)25;1-19(2,3)28-10-16-18(27)24-4-5-25(16)17(26)8-12(23)6-11-7-14(21)15(22)9-13(11)20;1-15(2,3)23-14(22)19-9(6-13(20)21)4-8-5-11(17)12(18)7-10(8)16;1-10(2,3)13-7-8-9(12)5-4-6-11-8;;/h10,12,15,19H,7-9,11,13H2,1-6H3,(H,28,32)(H,29,33);7,9,12,16H,4-6,8,10,23H2,1-3H3,(H,24,27);5,7,9H,4,6H2,1-3H3,(H,19,22)(H,20,21);8,11H,4-7H2,1-3H3;1H4;1H/t15-,19-;12-,16-;9-;8-;;/m1111../s1. The third-order valence-electron chi connectivity index (χ3n) is 14.1. The van der Waals surface area contributed by atoms with Crippen LogP contribution in [0.1, 0.15) is 160 Å². The second kappa shape index (κ2) is 40.5. The summed E-state index contributed by atoms with van der Waals surface area (Å²) in [6.45, 7) is 29.3. The van der Waals surface area contributed by atoms with E-state index >= 15 is 0 Å². The highest BCUT2D eigenvalue weighted by atomic mass is 35.5. The zero-order valence-electron chi connectivity index (χ0n) is 59.3. The number of aliphatic carboxylic acids is 1. The predicted octanol–water partition coefficient (Wildman–Crippen LogP) is 9.77. The monoisotopic (exact) mass is 1470 g/mol. The first kappa shape index (κ1) is 91.7. The van der Waals surface area contributed by atoms with Crippen molar-refractivity contribution >= 4 is 60.0 Å². The molecule has 8 N–H and O–H groups in total. The van der Waals surface area contributed by atoms with E-state index in [1.165, 1.54) is 9.80 Å². The number of ketones is 1. The van der Waals surface area contributed by atoms with Gasteiger partial charge in [-0.1, -0.05) is 7.43 Å². The minimum Gasteiger partial charge on any atom is -0.481 e. The Balaban J connectivity index is 0.000000700. The first-order valence-electron chi connectivity index (χ1n) is 32.2. The molecule has 0 radical (unpaired) electrons. The highest BCUT2D eigenvalue weighted by Crippen LogP contribution is 2.23. The molecule has 3 aliphatic rings. The molecule has 3 heterocycles. The summed E-state index contributed by atoms with van der Waals surface area (Å²) in [5.41, 5.74) is 2.54. The van der Waals surface area contributed by atoms with Crippen LogP contribution in [0.2, 0.25) is 0 Å². The Kier molecular flexibility index (Phi) is 36.8. The number of carbonyl (C=O) groups is 8. The molecule has 101 heavy (non-hydrogen) atoms. The van der Waals surface area contributed by atoms with Gasteiger partial charge in [-0.05, 0) is 171 Å². The number of hydrogen-bond donors (Lipinski definition) is 7. The molecule has 3 aromatic carbocycles. The fourth-order valence-corrected chi connectivity index (χ4v) is 9.55. The molecule has 6 atom stereocenters. The Hall–Kier alpha value is -7.32. The molecule has 572 valence electrons. The van der Waals surface area contributed by atoms with E-state index < -0.39 is 135 Å². The SMILES string of the molecule is C.CC(C)(C)OC(=O)N[C@@H](CC(=O)O)Cc1cc(F)c(F)cc1F.CC(C)(C)OC[C@@H]1C(=O)NCCN1C(=O)C[C@@H](Cc1cc(F)c(F)cc1F)NC(=O)OC(C)(C)C.CC(C)(C)OC[C@@H]1C(=O)NCCN1C(=O)C[C@H](N)Cc1cc(F)c(F)cc1F.CC(C)(C)OC[C@H]1NCCCC1=O.Cl. The number of ether oxygens (including phenoxy) is 5. The van der Waals surface area contributed by atoms with Crippen molar-refractivity contribution in [2.75, 3.05) is 52.5 Å². The number of nitrogens with two attached hydrogens (primary N) is 1. The second-order valence-electron chi connectivity index (χ2n) is 28.8. The molecule has 3 fully saturated rings. The molecule has 22 nitrogen and oxygen atoms in total. The summed E-state index contributed by atoms with van der Waals surface area (Å²) in [6.07, 6.45) is -1.89. The third-order valence-corrected chi connectivity index (χ3v) is 14.1. The van der Waals surface area contributed by atoms with E-state index in [4.69, 9.17) is 34.5 Å². The van der Waals surface area contributed by atoms with Crippen LogP contribution in [0.5, 0.6) is 0 Å². The summed E-state index contributed by atoms with van der Waals surface area (Å²) < 4.78 is 148. The van der Waals surface area contributed by atoms with Crippen LogP contribution < -0.4 is 32.3 Å². The van der Waals surface area contributed by atoms with E-state index in [1.54, 1.807) is 41.5 Å². The van der Waals surface area contributed by atoms with Crippen LogP contribution in [0.3, 0.4) is 0 Å². The average Bonchev–Trinajstić information content (AvgIpc) is 0.836. The van der Waals surface area contributed by atoms with Gasteiger partial charge in [0.05, 0.1) is 49.1 Å². The highest BCUT2D eigenvalue weighted by molar-refractivity contribution is 5.90. The lowest BCUT2D eigenvalue weighted by atomic mass is 10.0. The quantitative estimate of drug-likeness (QED) is 0.0409. The van der Waals surface area contributed by atoms with Gasteiger partial charge in [-0.25, -0.2) is 49.1 Å². The fraction of sp³-hybridized carbons (Fsp3) is 0.623. The number of hydrogen-bond acceptors (Lipinski definition) is 15. The number of nitrogens with zero attached hydrogens (tertiary/aromatic N) is 2. The van der Waals surface area contributed by atoms with E-state index in [0.29, 0.717) is 56.4 Å². The maximum Gasteiger partial charge on any atom is 0.407 e. The topological polar surface area (TPSA) is 296 Å². The van der Waals surface area contributed by atoms with E-state index in [2.05, 4.69) is 26.6 Å². The van der Waals surface area contributed by atoms with Crippen LogP contribution in [-0.4, -0.2) is 179 Å². The smallest absolute Gasteiger partial charge is 0.407 e. The number of piperazine rings is 2. The molecular formula is C69H102ClF9N8O14. The van der Waals surface area contributed by atoms with Crippen LogP contribution in [0.15, 0.2) is 36.4 Å². The first-order chi connectivity index (χ1) is 45.5. The lowest BCUT2D eigenvalue weighted by Gasteiger charge is -2.37. The maximum absolute atomic E-state index is 14.3. The van der Waals surface area contributed by atoms with Crippen molar-refractivity contribution in [1.82, 2.24) is 36.4 Å². The molecule has 3 aromatic rings. The molecular weight excluding hydrogens is 1370 g/mol. The number of amides is 6. The number of carbonyl (C=O) groups excluding carboxylic acids is 7. The van der Waals surface area contributed by atoms with Gasteiger partial charge in [-0.2, -0.15) is 0 Å². The lowest BCUT2D eigenvalue weighted by molar-refractivity contribution is -0.148. The Morgan fingerprint density at radius 1 is 0.505 bits per heavy atom. The number of alkyl carbamates (subject to hydrolysis) is 2. The number of carboxylic acids is 1. The van der Waals surface area contributed by atoms with Crippen molar-refractivity contribution in [3.63, 3.8) is 0 Å². The van der Waals surface area contributed by atoms with Gasteiger partial charge >= 0.3 is 18.2 Å². The van der Waals surface area contributed by atoms with Crippen LogP contribution >= 0.6 is 12.4 Å². The molecule has 32 heteroatoms. The highest BCUT2D eigenvalue weighted by Gasteiger charge is 2.38. The van der Waals surface area contributed by atoms with Crippen molar-refractivity contribution in [3.05, 3.63) is 105 Å². The van der Waals surface area contributed by atoms with E-state index in [0.717, 1.165) is 19.0 Å². The number of benzene rings is 3. The molecule has 6 rings (SSSR count). The van der Waals surface area contributed by atoms with Crippen LogP contribution in [0, 0.1) is 52.4 Å². The number of Topliss-reactive ketones (excluding diaryl/α,β-unsaturated/α-hetero) is 1. The van der Waals surface area contributed by atoms with Gasteiger partial charge in [0, 0.05) is 81.8 Å². The Morgan fingerprint density at radius 3 is 1.19 bits per heavy atom. The number of piperidine rings is 1. The maximum atomic E-state index is 14.3. The normalized spacial score (nSPS) is 17.4. The molecule has 0 aliphatic carbocycles.